The Bertz CT molecular complexity index is 389. The zero-order valence-electron chi connectivity index (χ0n) is 9.26. The van der Waals surface area contributed by atoms with Gasteiger partial charge in [-0.2, -0.15) is 0 Å². The predicted octanol–water partition coefficient (Wildman–Crippen LogP) is 0.999. The molecule has 2 unspecified atom stereocenters. The van der Waals surface area contributed by atoms with Crippen LogP contribution in [0.5, 0.6) is 0 Å². The summed E-state index contributed by atoms with van der Waals surface area (Å²) in [5.41, 5.74) is 7.39. The normalized spacial score (nSPS) is 25.8. The highest BCUT2D eigenvalue weighted by atomic mass is 16.4. The molecule has 0 bridgehead atoms. The molecule has 0 aromatic heterocycles. The second-order valence-corrected chi connectivity index (χ2v) is 4.44. The lowest BCUT2D eigenvalue weighted by molar-refractivity contribution is -0.141. The number of hydrogen-bond donors (Lipinski definition) is 2. The average Bonchev–Trinajstić information content (AvgIpc) is 2.61. The molecule has 1 fully saturated rings. The lowest BCUT2D eigenvalue weighted by Gasteiger charge is -2.15. The Morgan fingerprint density at radius 3 is 2.56 bits per heavy atom. The van der Waals surface area contributed by atoms with Crippen molar-refractivity contribution in [1.29, 1.82) is 0 Å². The third-order valence-electron chi connectivity index (χ3n) is 3.18. The number of likely N-dealkylation sites (tertiary alicyclic amines) is 1. The summed E-state index contributed by atoms with van der Waals surface area (Å²) < 4.78 is 0. The standard InChI is InChI=1S/C12H16N2O2/c1-14-6-10(11(7-14)12(15)16)8-2-4-9(13)5-3-8/h2-5,10-11H,6-7,13H2,1H3,(H,15,16). The first kappa shape index (κ1) is 11.0. The van der Waals surface area contributed by atoms with Gasteiger partial charge in [0.25, 0.3) is 0 Å². The number of likely N-dealkylation sites (N-methyl/N-ethyl adjacent to an activating group) is 1. The first-order chi connectivity index (χ1) is 7.58. The molecular formula is C12H16N2O2. The van der Waals surface area contributed by atoms with Gasteiger partial charge in [-0.15, -0.1) is 0 Å². The van der Waals surface area contributed by atoms with Crippen molar-refractivity contribution in [2.24, 2.45) is 5.92 Å². The minimum Gasteiger partial charge on any atom is -0.481 e. The van der Waals surface area contributed by atoms with Gasteiger partial charge in [-0.1, -0.05) is 12.1 Å². The van der Waals surface area contributed by atoms with Crippen molar-refractivity contribution in [3.05, 3.63) is 29.8 Å². The van der Waals surface area contributed by atoms with Crippen LogP contribution in [0.2, 0.25) is 0 Å². The van der Waals surface area contributed by atoms with Crippen molar-refractivity contribution in [2.45, 2.75) is 5.92 Å². The Morgan fingerprint density at radius 2 is 2.00 bits per heavy atom. The Labute approximate surface area is 94.7 Å². The van der Waals surface area contributed by atoms with E-state index < -0.39 is 5.97 Å². The van der Waals surface area contributed by atoms with E-state index >= 15 is 0 Å². The van der Waals surface area contributed by atoms with Crippen LogP contribution >= 0.6 is 0 Å². The molecule has 4 nitrogen and oxygen atoms in total. The fourth-order valence-electron chi connectivity index (χ4n) is 2.33. The molecular weight excluding hydrogens is 204 g/mol. The lowest BCUT2D eigenvalue weighted by Crippen LogP contribution is -2.21. The van der Waals surface area contributed by atoms with Crippen LogP contribution in [0, 0.1) is 5.92 Å². The molecule has 1 aromatic rings. The highest BCUT2D eigenvalue weighted by molar-refractivity contribution is 5.72. The van der Waals surface area contributed by atoms with Crippen LogP contribution in [0.25, 0.3) is 0 Å². The molecule has 0 saturated carbocycles. The van der Waals surface area contributed by atoms with Gasteiger partial charge in [0.2, 0.25) is 0 Å². The van der Waals surface area contributed by atoms with Gasteiger partial charge in [0.15, 0.2) is 0 Å². The van der Waals surface area contributed by atoms with Crippen molar-refractivity contribution >= 4 is 11.7 Å². The first-order valence-electron chi connectivity index (χ1n) is 5.34. The SMILES string of the molecule is CN1CC(C(=O)O)C(c2ccc(N)cc2)C1. The first-order valence-corrected chi connectivity index (χ1v) is 5.34. The Kier molecular flexibility index (Phi) is 2.83. The average molecular weight is 220 g/mol. The number of carboxylic acid groups (broad SMARTS) is 1. The van der Waals surface area contributed by atoms with Gasteiger partial charge in [0, 0.05) is 24.7 Å². The minimum absolute atomic E-state index is 0.0723. The molecule has 1 saturated heterocycles. The number of hydrogen-bond acceptors (Lipinski definition) is 3. The fourth-order valence-corrected chi connectivity index (χ4v) is 2.33. The molecule has 1 heterocycles. The van der Waals surface area contributed by atoms with Gasteiger partial charge >= 0.3 is 5.97 Å². The number of anilines is 1. The van der Waals surface area contributed by atoms with E-state index in [1.165, 1.54) is 0 Å². The number of carbonyl (C=O) groups is 1. The predicted molar refractivity (Wildman–Crippen MR) is 62.2 cm³/mol. The highest BCUT2D eigenvalue weighted by Crippen LogP contribution is 2.32. The minimum atomic E-state index is -0.717. The second-order valence-electron chi connectivity index (χ2n) is 4.44. The molecule has 86 valence electrons. The number of aliphatic carboxylic acids is 1. The number of nitrogens with zero attached hydrogens (tertiary/aromatic N) is 1. The van der Waals surface area contributed by atoms with E-state index in [4.69, 9.17) is 10.8 Å². The van der Waals surface area contributed by atoms with Crippen LogP contribution in [-0.2, 0) is 4.79 Å². The highest BCUT2D eigenvalue weighted by Gasteiger charge is 2.36. The summed E-state index contributed by atoms with van der Waals surface area (Å²) in [5, 5.41) is 9.17. The summed E-state index contributed by atoms with van der Waals surface area (Å²) in [6.07, 6.45) is 0. The van der Waals surface area contributed by atoms with Gasteiger partial charge in [-0.05, 0) is 24.7 Å². The number of benzene rings is 1. The van der Waals surface area contributed by atoms with Crippen LogP contribution in [0.1, 0.15) is 11.5 Å². The molecule has 0 aliphatic carbocycles. The summed E-state index contributed by atoms with van der Waals surface area (Å²) in [7, 11) is 1.95. The van der Waals surface area contributed by atoms with Crippen molar-refractivity contribution in [3.8, 4) is 0 Å². The Balaban J connectivity index is 2.25. The largest absolute Gasteiger partial charge is 0.481 e. The van der Waals surface area contributed by atoms with E-state index in [1.54, 1.807) is 0 Å². The van der Waals surface area contributed by atoms with Gasteiger partial charge in [0.1, 0.15) is 0 Å². The molecule has 2 atom stereocenters. The van der Waals surface area contributed by atoms with E-state index in [9.17, 15) is 4.79 Å². The summed E-state index contributed by atoms with van der Waals surface area (Å²) in [6.45, 7) is 1.41. The van der Waals surface area contributed by atoms with Crippen molar-refractivity contribution in [3.63, 3.8) is 0 Å². The maximum atomic E-state index is 11.1. The molecule has 4 heteroatoms. The zero-order valence-corrected chi connectivity index (χ0v) is 9.26. The molecule has 0 spiro atoms. The molecule has 16 heavy (non-hydrogen) atoms. The van der Waals surface area contributed by atoms with E-state index in [0.29, 0.717) is 12.2 Å². The maximum Gasteiger partial charge on any atom is 0.308 e. The Morgan fingerprint density at radius 1 is 1.38 bits per heavy atom. The third kappa shape index (κ3) is 2.02. The molecule has 0 amide bonds. The molecule has 1 aromatic carbocycles. The topological polar surface area (TPSA) is 66.6 Å². The van der Waals surface area contributed by atoms with Crippen molar-refractivity contribution in [1.82, 2.24) is 4.90 Å². The fraction of sp³-hybridized carbons (Fsp3) is 0.417. The number of nitrogens with two attached hydrogens (primary N) is 1. The van der Waals surface area contributed by atoms with E-state index in [0.717, 1.165) is 12.1 Å². The molecule has 1 aliphatic heterocycles. The van der Waals surface area contributed by atoms with Crippen LogP contribution < -0.4 is 5.73 Å². The van der Waals surface area contributed by atoms with Gasteiger partial charge in [-0.25, -0.2) is 0 Å². The van der Waals surface area contributed by atoms with Gasteiger partial charge in [0.05, 0.1) is 5.92 Å². The molecule has 0 radical (unpaired) electrons. The lowest BCUT2D eigenvalue weighted by atomic mass is 9.89. The smallest absolute Gasteiger partial charge is 0.308 e. The molecule has 2 rings (SSSR count). The maximum absolute atomic E-state index is 11.1. The summed E-state index contributed by atoms with van der Waals surface area (Å²) in [5.74, 6) is -0.956. The van der Waals surface area contributed by atoms with Crippen LogP contribution in [0.3, 0.4) is 0 Å². The summed E-state index contributed by atoms with van der Waals surface area (Å²) >= 11 is 0. The van der Waals surface area contributed by atoms with Crippen molar-refractivity contribution in [2.75, 3.05) is 25.9 Å². The summed E-state index contributed by atoms with van der Waals surface area (Å²) in [4.78, 5) is 13.2. The Hall–Kier alpha value is -1.55. The monoisotopic (exact) mass is 220 g/mol. The van der Waals surface area contributed by atoms with Crippen LogP contribution in [0.4, 0.5) is 5.69 Å². The second kappa shape index (κ2) is 4.14. The molecule has 1 aliphatic rings. The van der Waals surface area contributed by atoms with Crippen LogP contribution in [0.15, 0.2) is 24.3 Å². The quantitative estimate of drug-likeness (QED) is 0.730. The van der Waals surface area contributed by atoms with Crippen molar-refractivity contribution < 1.29 is 9.90 Å². The van der Waals surface area contributed by atoms with Gasteiger partial charge in [-0.3, -0.25) is 4.79 Å². The van der Waals surface area contributed by atoms with E-state index in [2.05, 4.69) is 4.90 Å². The van der Waals surface area contributed by atoms with E-state index in [1.807, 2.05) is 31.3 Å². The van der Waals surface area contributed by atoms with Crippen LogP contribution in [-0.4, -0.2) is 36.1 Å². The number of rotatable bonds is 2. The van der Waals surface area contributed by atoms with E-state index in [-0.39, 0.29) is 11.8 Å². The number of carboxylic acids is 1. The summed E-state index contributed by atoms with van der Waals surface area (Å²) in [6, 6.07) is 7.50. The van der Waals surface area contributed by atoms with Gasteiger partial charge < -0.3 is 15.7 Å². The third-order valence-corrected chi connectivity index (χ3v) is 3.18. The molecule has 3 N–H and O–H groups in total. The number of nitrogen functional groups attached to an aromatic ring is 1. The zero-order chi connectivity index (χ0) is 11.7.